The molecule has 0 aliphatic carbocycles. The lowest BCUT2D eigenvalue weighted by atomic mass is 10.1. The molecule has 1 heterocycles. The maximum Gasteiger partial charge on any atom is 0.224 e. The SMILES string of the molecule is Clc1nc(N(Cc2ccccc2)Cc2ccccc2)c2ccccc2n1. The van der Waals surface area contributed by atoms with Gasteiger partial charge in [-0.1, -0.05) is 72.8 Å². The number of halogens is 1. The number of fused-ring (bicyclic) bond motifs is 1. The number of benzene rings is 3. The van der Waals surface area contributed by atoms with Gasteiger partial charge in [0.2, 0.25) is 5.28 Å². The molecule has 3 aromatic carbocycles. The molecule has 1 aromatic heterocycles. The largest absolute Gasteiger partial charge is 0.347 e. The van der Waals surface area contributed by atoms with Crippen LogP contribution in [0.2, 0.25) is 5.28 Å². The lowest BCUT2D eigenvalue weighted by molar-refractivity contribution is 0.786. The molecule has 0 saturated carbocycles. The van der Waals surface area contributed by atoms with E-state index in [0.29, 0.717) is 0 Å². The van der Waals surface area contributed by atoms with Gasteiger partial charge in [-0.05, 0) is 34.9 Å². The topological polar surface area (TPSA) is 29.0 Å². The van der Waals surface area contributed by atoms with Gasteiger partial charge in [-0.3, -0.25) is 0 Å². The van der Waals surface area contributed by atoms with Crippen molar-refractivity contribution in [3.63, 3.8) is 0 Å². The second-order valence-electron chi connectivity index (χ2n) is 6.16. The highest BCUT2D eigenvalue weighted by Crippen LogP contribution is 2.28. The summed E-state index contributed by atoms with van der Waals surface area (Å²) in [6.45, 7) is 1.49. The predicted octanol–water partition coefficient (Wildman–Crippen LogP) is 5.49. The van der Waals surface area contributed by atoms with Crippen LogP contribution in [0.1, 0.15) is 11.1 Å². The Balaban J connectivity index is 1.79. The molecule has 0 radical (unpaired) electrons. The Hall–Kier alpha value is -2.91. The first-order valence-electron chi connectivity index (χ1n) is 8.55. The molecule has 0 unspecified atom stereocenters. The van der Waals surface area contributed by atoms with Crippen LogP contribution in [0.5, 0.6) is 0 Å². The Kier molecular flexibility index (Phi) is 4.80. The fourth-order valence-corrected chi connectivity index (χ4v) is 3.26. The zero-order valence-electron chi connectivity index (χ0n) is 14.2. The molecule has 4 heteroatoms. The van der Waals surface area contributed by atoms with Crippen LogP contribution in [0.3, 0.4) is 0 Å². The summed E-state index contributed by atoms with van der Waals surface area (Å²) >= 11 is 6.22. The average molecular weight is 360 g/mol. The zero-order valence-corrected chi connectivity index (χ0v) is 15.0. The summed E-state index contributed by atoms with van der Waals surface area (Å²) in [5, 5.41) is 1.27. The zero-order chi connectivity index (χ0) is 17.8. The van der Waals surface area contributed by atoms with Crippen LogP contribution in [-0.2, 0) is 13.1 Å². The molecule has 0 N–H and O–H groups in total. The lowest BCUT2D eigenvalue weighted by Crippen LogP contribution is -2.23. The van der Waals surface area contributed by atoms with E-state index in [2.05, 4.69) is 63.4 Å². The first-order valence-corrected chi connectivity index (χ1v) is 8.92. The summed E-state index contributed by atoms with van der Waals surface area (Å²) in [6, 6.07) is 28.8. The van der Waals surface area contributed by atoms with E-state index in [1.165, 1.54) is 11.1 Å². The third-order valence-corrected chi connectivity index (χ3v) is 4.46. The number of hydrogen-bond acceptors (Lipinski definition) is 3. The third-order valence-electron chi connectivity index (χ3n) is 4.29. The lowest BCUT2D eigenvalue weighted by Gasteiger charge is -2.25. The number of aromatic nitrogens is 2. The molecule has 4 rings (SSSR count). The van der Waals surface area contributed by atoms with Gasteiger partial charge < -0.3 is 4.90 Å². The highest BCUT2D eigenvalue weighted by molar-refractivity contribution is 6.28. The minimum atomic E-state index is 0.268. The van der Waals surface area contributed by atoms with Gasteiger partial charge in [-0.2, -0.15) is 4.98 Å². The summed E-state index contributed by atoms with van der Waals surface area (Å²) in [5.41, 5.74) is 3.30. The highest BCUT2D eigenvalue weighted by atomic mass is 35.5. The molecule has 0 bridgehead atoms. The summed E-state index contributed by atoms with van der Waals surface area (Å²) in [7, 11) is 0. The Morgan fingerprint density at radius 1 is 0.654 bits per heavy atom. The fraction of sp³-hybridized carbons (Fsp3) is 0.0909. The van der Waals surface area contributed by atoms with Crippen LogP contribution in [0, 0.1) is 0 Å². The van der Waals surface area contributed by atoms with Crippen molar-refractivity contribution >= 4 is 28.3 Å². The maximum absolute atomic E-state index is 6.22. The van der Waals surface area contributed by atoms with E-state index in [1.54, 1.807) is 0 Å². The summed E-state index contributed by atoms with van der Waals surface area (Å²) in [4.78, 5) is 11.2. The molecule has 0 fully saturated rings. The summed E-state index contributed by atoms with van der Waals surface area (Å²) in [5.74, 6) is 0.855. The molecule has 0 spiro atoms. The summed E-state index contributed by atoms with van der Waals surface area (Å²) < 4.78 is 0. The average Bonchev–Trinajstić information content (AvgIpc) is 2.68. The van der Waals surface area contributed by atoms with E-state index >= 15 is 0 Å². The molecule has 0 aliphatic rings. The number of nitrogens with zero attached hydrogens (tertiary/aromatic N) is 3. The molecule has 26 heavy (non-hydrogen) atoms. The molecule has 3 nitrogen and oxygen atoms in total. The minimum absolute atomic E-state index is 0.268. The number of anilines is 1. The predicted molar refractivity (Wildman–Crippen MR) is 107 cm³/mol. The standard InChI is InChI=1S/C22H18ClN3/c23-22-24-20-14-8-7-13-19(20)21(25-22)26(15-17-9-3-1-4-10-17)16-18-11-5-2-6-12-18/h1-14H,15-16H2. The van der Waals surface area contributed by atoms with E-state index in [-0.39, 0.29) is 5.28 Å². The normalized spacial score (nSPS) is 10.8. The van der Waals surface area contributed by atoms with Gasteiger partial charge >= 0.3 is 0 Å². The van der Waals surface area contributed by atoms with Crippen LogP contribution in [0.15, 0.2) is 84.9 Å². The molecule has 0 atom stereocenters. The number of hydrogen-bond donors (Lipinski definition) is 0. The van der Waals surface area contributed by atoms with E-state index < -0.39 is 0 Å². The Bertz CT molecular complexity index is 962. The van der Waals surface area contributed by atoms with Gasteiger partial charge in [-0.15, -0.1) is 0 Å². The molecule has 0 saturated heterocycles. The second kappa shape index (κ2) is 7.54. The molecule has 4 aromatic rings. The maximum atomic E-state index is 6.22. The van der Waals surface area contributed by atoms with Crippen molar-refractivity contribution in [3.8, 4) is 0 Å². The second-order valence-corrected chi connectivity index (χ2v) is 6.50. The first-order chi connectivity index (χ1) is 12.8. The van der Waals surface area contributed by atoms with Crippen molar-refractivity contribution in [2.75, 3.05) is 4.90 Å². The van der Waals surface area contributed by atoms with Crippen molar-refractivity contribution < 1.29 is 0 Å². The first kappa shape index (κ1) is 16.6. The Morgan fingerprint density at radius 3 is 1.81 bits per heavy atom. The van der Waals surface area contributed by atoms with Crippen molar-refractivity contribution in [2.24, 2.45) is 0 Å². The Labute approximate surface area is 157 Å². The van der Waals surface area contributed by atoms with Crippen LogP contribution in [0.4, 0.5) is 5.82 Å². The van der Waals surface area contributed by atoms with Crippen molar-refractivity contribution in [2.45, 2.75) is 13.1 Å². The molecule has 128 valence electrons. The van der Waals surface area contributed by atoms with Crippen LogP contribution in [-0.4, -0.2) is 9.97 Å². The van der Waals surface area contributed by atoms with Gasteiger partial charge in [0.25, 0.3) is 0 Å². The van der Waals surface area contributed by atoms with Crippen LogP contribution < -0.4 is 4.90 Å². The molecule has 0 aliphatic heterocycles. The highest BCUT2D eigenvalue weighted by Gasteiger charge is 2.15. The van der Waals surface area contributed by atoms with Gasteiger partial charge in [0.15, 0.2) is 0 Å². The minimum Gasteiger partial charge on any atom is -0.347 e. The molecular weight excluding hydrogens is 342 g/mol. The van der Waals surface area contributed by atoms with E-state index in [4.69, 9.17) is 11.6 Å². The van der Waals surface area contributed by atoms with Crippen LogP contribution in [0.25, 0.3) is 10.9 Å². The summed E-state index contributed by atoms with van der Waals surface area (Å²) in [6.07, 6.45) is 0. The van der Waals surface area contributed by atoms with Crippen molar-refractivity contribution in [1.82, 2.24) is 9.97 Å². The van der Waals surface area contributed by atoms with Gasteiger partial charge in [0.05, 0.1) is 5.52 Å². The monoisotopic (exact) mass is 359 g/mol. The van der Waals surface area contributed by atoms with Gasteiger partial charge in [0.1, 0.15) is 5.82 Å². The third kappa shape index (κ3) is 3.68. The quantitative estimate of drug-likeness (QED) is 0.441. The Morgan fingerprint density at radius 2 is 1.19 bits per heavy atom. The van der Waals surface area contributed by atoms with E-state index in [0.717, 1.165) is 29.8 Å². The van der Waals surface area contributed by atoms with Crippen LogP contribution >= 0.6 is 11.6 Å². The van der Waals surface area contributed by atoms with Crippen molar-refractivity contribution in [3.05, 3.63) is 101 Å². The van der Waals surface area contributed by atoms with Gasteiger partial charge in [0, 0.05) is 18.5 Å². The van der Waals surface area contributed by atoms with E-state index in [9.17, 15) is 0 Å². The fourth-order valence-electron chi connectivity index (χ4n) is 3.09. The van der Waals surface area contributed by atoms with Gasteiger partial charge in [-0.25, -0.2) is 4.98 Å². The van der Waals surface area contributed by atoms with E-state index in [1.807, 2.05) is 36.4 Å². The number of rotatable bonds is 5. The van der Waals surface area contributed by atoms with Crippen molar-refractivity contribution in [1.29, 1.82) is 0 Å². The smallest absolute Gasteiger partial charge is 0.224 e. The number of para-hydroxylation sites is 1. The molecule has 0 amide bonds. The molecular formula is C22H18ClN3.